The molecule has 1 aliphatic carbocycles. The Balaban J connectivity index is 1.57. The van der Waals surface area contributed by atoms with Crippen molar-refractivity contribution in [2.45, 2.75) is 44.9 Å². The fraction of sp³-hybridized carbons (Fsp3) is 0.556. The van der Waals surface area contributed by atoms with Crippen LogP contribution < -0.4 is 10.5 Å². The summed E-state index contributed by atoms with van der Waals surface area (Å²) in [4.78, 5) is 4.29. The molecule has 5 heteroatoms. The molecule has 1 saturated carbocycles. The minimum absolute atomic E-state index is 0.0660. The van der Waals surface area contributed by atoms with Crippen LogP contribution in [0.5, 0.6) is 5.75 Å². The van der Waals surface area contributed by atoms with E-state index in [2.05, 4.69) is 10.1 Å². The van der Waals surface area contributed by atoms with Gasteiger partial charge < -0.3 is 15.0 Å². The second kappa shape index (κ2) is 7.59. The Labute approximate surface area is 137 Å². The summed E-state index contributed by atoms with van der Waals surface area (Å²) in [5.74, 6) is 2.90. The summed E-state index contributed by atoms with van der Waals surface area (Å²) in [6.45, 7) is 3.04. The fourth-order valence-corrected chi connectivity index (χ4v) is 3.27. The van der Waals surface area contributed by atoms with Crippen molar-refractivity contribution in [3.05, 3.63) is 41.5 Å². The highest BCUT2D eigenvalue weighted by Gasteiger charge is 2.19. The zero-order valence-corrected chi connectivity index (χ0v) is 13.7. The summed E-state index contributed by atoms with van der Waals surface area (Å²) in [6.07, 6.45) is 6.66. The maximum absolute atomic E-state index is 5.88. The minimum atomic E-state index is -0.0660. The van der Waals surface area contributed by atoms with Crippen molar-refractivity contribution in [3.63, 3.8) is 0 Å². The number of benzene rings is 1. The Morgan fingerprint density at radius 2 is 2.00 bits per heavy atom. The first-order valence-corrected chi connectivity index (χ1v) is 8.49. The lowest BCUT2D eigenvalue weighted by molar-refractivity contribution is 0.279. The van der Waals surface area contributed by atoms with E-state index in [4.69, 9.17) is 15.0 Å². The van der Waals surface area contributed by atoms with Gasteiger partial charge in [-0.3, -0.25) is 0 Å². The smallest absolute Gasteiger partial charge is 0.235 e. The molecule has 0 spiro atoms. The Morgan fingerprint density at radius 3 is 2.61 bits per heavy atom. The SMILES string of the molecule is Cc1noc(C(CN)c2ccc(OCCC3CCCC3)cc2)n1. The van der Waals surface area contributed by atoms with Crippen LogP contribution in [-0.2, 0) is 0 Å². The zero-order valence-electron chi connectivity index (χ0n) is 13.7. The second-order valence-electron chi connectivity index (χ2n) is 6.32. The van der Waals surface area contributed by atoms with Gasteiger partial charge >= 0.3 is 0 Å². The van der Waals surface area contributed by atoms with Crippen LogP contribution >= 0.6 is 0 Å². The van der Waals surface area contributed by atoms with E-state index in [0.29, 0.717) is 18.3 Å². The predicted molar refractivity (Wildman–Crippen MR) is 88.4 cm³/mol. The van der Waals surface area contributed by atoms with Gasteiger partial charge in [-0.25, -0.2) is 0 Å². The molecule has 1 atom stereocenters. The Hall–Kier alpha value is -1.88. The monoisotopic (exact) mass is 315 g/mol. The molecule has 2 N–H and O–H groups in total. The molecule has 3 rings (SSSR count). The first kappa shape index (κ1) is 16.0. The first-order chi connectivity index (χ1) is 11.3. The molecule has 1 aromatic heterocycles. The van der Waals surface area contributed by atoms with Gasteiger partial charge in [0.25, 0.3) is 0 Å². The van der Waals surface area contributed by atoms with Crippen molar-refractivity contribution in [2.75, 3.05) is 13.2 Å². The molecular weight excluding hydrogens is 290 g/mol. The lowest BCUT2D eigenvalue weighted by Gasteiger charge is -2.13. The normalized spacial score (nSPS) is 16.6. The van der Waals surface area contributed by atoms with E-state index in [1.165, 1.54) is 25.7 Å². The number of nitrogens with zero attached hydrogens (tertiary/aromatic N) is 2. The van der Waals surface area contributed by atoms with Gasteiger partial charge in [0.05, 0.1) is 12.5 Å². The van der Waals surface area contributed by atoms with Gasteiger partial charge in [0.15, 0.2) is 5.82 Å². The number of ether oxygens (including phenoxy) is 1. The molecule has 1 aromatic carbocycles. The highest BCUT2D eigenvalue weighted by atomic mass is 16.5. The van der Waals surface area contributed by atoms with E-state index < -0.39 is 0 Å². The van der Waals surface area contributed by atoms with Crippen LogP contribution in [-0.4, -0.2) is 23.3 Å². The highest BCUT2D eigenvalue weighted by Crippen LogP contribution is 2.28. The number of aryl methyl sites for hydroxylation is 1. The maximum atomic E-state index is 5.88. The van der Waals surface area contributed by atoms with E-state index in [1.54, 1.807) is 0 Å². The van der Waals surface area contributed by atoms with Gasteiger partial charge in [-0.1, -0.05) is 43.0 Å². The molecule has 1 heterocycles. The van der Waals surface area contributed by atoms with Gasteiger partial charge in [0.1, 0.15) is 5.75 Å². The van der Waals surface area contributed by atoms with Gasteiger partial charge in [-0.15, -0.1) is 0 Å². The number of nitrogens with two attached hydrogens (primary N) is 1. The molecule has 1 unspecified atom stereocenters. The Morgan fingerprint density at radius 1 is 1.26 bits per heavy atom. The van der Waals surface area contributed by atoms with Crippen molar-refractivity contribution < 1.29 is 9.26 Å². The number of aromatic nitrogens is 2. The quantitative estimate of drug-likeness (QED) is 0.847. The molecule has 0 aliphatic heterocycles. The average molecular weight is 315 g/mol. The largest absolute Gasteiger partial charge is 0.494 e. The summed E-state index contributed by atoms with van der Waals surface area (Å²) in [5.41, 5.74) is 6.94. The van der Waals surface area contributed by atoms with E-state index in [1.807, 2.05) is 31.2 Å². The predicted octanol–water partition coefficient (Wildman–Crippen LogP) is 3.43. The third-order valence-electron chi connectivity index (χ3n) is 4.63. The summed E-state index contributed by atoms with van der Waals surface area (Å²) in [6, 6.07) is 8.05. The molecule has 1 fully saturated rings. The van der Waals surface area contributed by atoms with Crippen LogP contribution in [0.4, 0.5) is 0 Å². The van der Waals surface area contributed by atoms with Gasteiger partial charge in [-0.2, -0.15) is 4.98 Å². The molecule has 1 aliphatic rings. The van der Waals surface area contributed by atoms with Crippen LogP contribution in [0.1, 0.15) is 55.3 Å². The van der Waals surface area contributed by atoms with E-state index in [-0.39, 0.29) is 5.92 Å². The van der Waals surface area contributed by atoms with Crippen molar-refractivity contribution >= 4 is 0 Å². The van der Waals surface area contributed by atoms with Crippen molar-refractivity contribution in [2.24, 2.45) is 11.7 Å². The zero-order chi connectivity index (χ0) is 16.1. The Kier molecular flexibility index (Phi) is 5.28. The molecule has 2 aromatic rings. The van der Waals surface area contributed by atoms with Crippen molar-refractivity contribution in [1.82, 2.24) is 10.1 Å². The molecular formula is C18H25N3O2. The summed E-state index contributed by atoms with van der Waals surface area (Å²) in [5, 5.41) is 3.84. The molecule has 0 radical (unpaired) electrons. The van der Waals surface area contributed by atoms with Crippen LogP contribution in [0, 0.1) is 12.8 Å². The molecule has 0 saturated heterocycles. The van der Waals surface area contributed by atoms with Crippen LogP contribution in [0.25, 0.3) is 0 Å². The second-order valence-corrected chi connectivity index (χ2v) is 6.32. The third kappa shape index (κ3) is 4.10. The molecule has 5 nitrogen and oxygen atoms in total. The topological polar surface area (TPSA) is 74.2 Å². The number of rotatable bonds is 7. The lowest BCUT2D eigenvalue weighted by Crippen LogP contribution is -2.14. The molecule has 0 bridgehead atoms. The van der Waals surface area contributed by atoms with Crippen LogP contribution in [0.2, 0.25) is 0 Å². The van der Waals surface area contributed by atoms with Gasteiger partial charge in [-0.05, 0) is 37.0 Å². The first-order valence-electron chi connectivity index (χ1n) is 8.49. The van der Waals surface area contributed by atoms with E-state index in [9.17, 15) is 0 Å². The molecule has 0 amide bonds. The molecule has 124 valence electrons. The van der Waals surface area contributed by atoms with Crippen LogP contribution in [0.15, 0.2) is 28.8 Å². The van der Waals surface area contributed by atoms with Crippen molar-refractivity contribution in [3.8, 4) is 5.75 Å². The summed E-state index contributed by atoms with van der Waals surface area (Å²) in [7, 11) is 0. The fourth-order valence-electron chi connectivity index (χ4n) is 3.27. The number of hydrogen-bond acceptors (Lipinski definition) is 5. The van der Waals surface area contributed by atoms with Crippen LogP contribution in [0.3, 0.4) is 0 Å². The van der Waals surface area contributed by atoms with E-state index in [0.717, 1.165) is 30.3 Å². The molecule has 23 heavy (non-hydrogen) atoms. The average Bonchev–Trinajstić information content (AvgIpc) is 3.22. The highest BCUT2D eigenvalue weighted by molar-refractivity contribution is 5.32. The van der Waals surface area contributed by atoms with Gasteiger partial charge in [0, 0.05) is 6.54 Å². The Bertz CT molecular complexity index is 603. The third-order valence-corrected chi connectivity index (χ3v) is 4.63. The maximum Gasteiger partial charge on any atom is 0.235 e. The minimum Gasteiger partial charge on any atom is -0.494 e. The van der Waals surface area contributed by atoms with Gasteiger partial charge in [0.2, 0.25) is 5.89 Å². The lowest BCUT2D eigenvalue weighted by atomic mass is 9.99. The van der Waals surface area contributed by atoms with Crippen molar-refractivity contribution in [1.29, 1.82) is 0 Å². The summed E-state index contributed by atoms with van der Waals surface area (Å²) >= 11 is 0. The van der Waals surface area contributed by atoms with E-state index >= 15 is 0 Å². The standard InChI is InChI=1S/C18H25N3O2/c1-13-20-18(23-21-13)17(12-19)15-6-8-16(9-7-15)22-11-10-14-4-2-3-5-14/h6-9,14,17H,2-5,10-12,19H2,1H3. The number of hydrogen-bond donors (Lipinski definition) is 1. The summed E-state index contributed by atoms with van der Waals surface area (Å²) < 4.78 is 11.1.